The molecule has 0 radical (unpaired) electrons. The fourth-order valence-electron chi connectivity index (χ4n) is 2.41. The lowest BCUT2D eigenvalue weighted by atomic mass is 9.87. The highest BCUT2D eigenvalue weighted by Gasteiger charge is 2.19. The molecule has 1 aromatic rings. The number of methoxy groups -OCH3 is 1. The number of rotatable bonds is 11. The molecule has 0 aliphatic carbocycles. The molecule has 0 spiro atoms. The summed E-state index contributed by atoms with van der Waals surface area (Å²) in [6, 6.07) is 0. The highest BCUT2D eigenvalue weighted by Crippen LogP contribution is 2.27. The molecule has 0 aliphatic heterocycles. The van der Waals surface area contributed by atoms with Crippen molar-refractivity contribution in [2.45, 2.75) is 59.4 Å². The first kappa shape index (κ1) is 17.0. The Labute approximate surface area is 123 Å². The van der Waals surface area contributed by atoms with Gasteiger partial charge in [0.15, 0.2) is 0 Å². The van der Waals surface area contributed by atoms with E-state index in [0.29, 0.717) is 5.41 Å². The molecule has 1 rings (SSSR count). The molecule has 0 fully saturated rings. The summed E-state index contributed by atoms with van der Waals surface area (Å²) in [6.07, 6.45) is 10.1. The maximum Gasteiger partial charge on any atom is 0.202 e. The topological polar surface area (TPSA) is 39.1 Å². The Morgan fingerprint density at radius 1 is 1.30 bits per heavy atom. The number of nitrogens with zero attached hydrogens (tertiary/aromatic N) is 2. The number of hydrogen-bond acceptors (Lipinski definition) is 3. The third-order valence-electron chi connectivity index (χ3n) is 3.58. The van der Waals surface area contributed by atoms with E-state index < -0.39 is 0 Å². The van der Waals surface area contributed by atoms with Gasteiger partial charge in [0.05, 0.1) is 0 Å². The summed E-state index contributed by atoms with van der Waals surface area (Å²) >= 11 is 0. The predicted molar refractivity (Wildman–Crippen MR) is 85.1 cm³/mol. The van der Waals surface area contributed by atoms with Crippen LogP contribution in [0.3, 0.4) is 0 Å². The molecule has 0 atom stereocenters. The van der Waals surface area contributed by atoms with Crippen LogP contribution in [0.1, 0.15) is 52.9 Å². The van der Waals surface area contributed by atoms with Crippen LogP contribution >= 0.6 is 0 Å². The molecule has 0 aliphatic rings. The Morgan fingerprint density at radius 3 is 2.80 bits per heavy atom. The molecule has 0 amide bonds. The van der Waals surface area contributed by atoms with Gasteiger partial charge in [0.2, 0.25) is 5.95 Å². The standard InChI is InChI=1S/C16H31N3O/c1-5-6-7-9-16(2,3)14-19-12-11-18-15(19)17-10-8-13-20-4/h11-12H,5-10,13-14H2,1-4H3,(H,17,18). The SMILES string of the molecule is CCCCCC(C)(C)Cn1ccnc1NCCCOC. The minimum absolute atomic E-state index is 0.318. The van der Waals surface area contributed by atoms with Crippen molar-refractivity contribution in [3.63, 3.8) is 0 Å². The number of ether oxygens (including phenoxy) is 1. The number of nitrogens with one attached hydrogen (secondary N) is 1. The summed E-state index contributed by atoms with van der Waals surface area (Å²) in [5.41, 5.74) is 0.318. The lowest BCUT2D eigenvalue weighted by molar-refractivity contribution is 0.197. The second kappa shape index (κ2) is 9.01. The first-order valence-electron chi connectivity index (χ1n) is 7.83. The van der Waals surface area contributed by atoms with Gasteiger partial charge in [-0.05, 0) is 18.3 Å². The first-order valence-corrected chi connectivity index (χ1v) is 7.83. The second-order valence-corrected chi connectivity index (χ2v) is 6.27. The number of unbranched alkanes of at least 4 members (excludes halogenated alkanes) is 2. The number of anilines is 1. The van der Waals surface area contributed by atoms with Crippen molar-refractivity contribution in [3.05, 3.63) is 12.4 Å². The monoisotopic (exact) mass is 281 g/mol. The summed E-state index contributed by atoms with van der Waals surface area (Å²) in [4.78, 5) is 4.41. The lowest BCUT2D eigenvalue weighted by Gasteiger charge is -2.26. The highest BCUT2D eigenvalue weighted by molar-refractivity contribution is 5.25. The van der Waals surface area contributed by atoms with E-state index in [-0.39, 0.29) is 0 Å². The van der Waals surface area contributed by atoms with E-state index in [2.05, 4.69) is 41.8 Å². The van der Waals surface area contributed by atoms with Crippen molar-refractivity contribution < 1.29 is 4.74 Å². The van der Waals surface area contributed by atoms with Crippen LogP contribution in [-0.2, 0) is 11.3 Å². The fourth-order valence-corrected chi connectivity index (χ4v) is 2.41. The van der Waals surface area contributed by atoms with E-state index in [9.17, 15) is 0 Å². The van der Waals surface area contributed by atoms with E-state index in [0.717, 1.165) is 32.1 Å². The molecule has 20 heavy (non-hydrogen) atoms. The maximum absolute atomic E-state index is 5.06. The van der Waals surface area contributed by atoms with Gasteiger partial charge in [0, 0.05) is 39.2 Å². The van der Waals surface area contributed by atoms with Crippen LogP contribution in [-0.4, -0.2) is 29.8 Å². The smallest absolute Gasteiger partial charge is 0.202 e. The average molecular weight is 281 g/mol. The zero-order valence-electron chi connectivity index (χ0n) is 13.6. The van der Waals surface area contributed by atoms with Crippen LogP contribution in [0.25, 0.3) is 0 Å². The minimum atomic E-state index is 0.318. The maximum atomic E-state index is 5.06. The molecule has 0 saturated carbocycles. The Kier molecular flexibility index (Phi) is 7.67. The summed E-state index contributed by atoms with van der Waals surface area (Å²) in [5, 5.41) is 3.39. The largest absolute Gasteiger partial charge is 0.385 e. The second-order valence-electron chi connectivity index (χ2n) is 6.27. The van der Waals surface area contributed by atoms with Gasteiger partial charge in [-0.15, -0.1) is 0 Å². The summed E-state index contributed by atoms with van der Waals surface area (Å²) in [6.45, 7) is 9.65. The van der Waals surface area contributed by atoms with E-state index in [1.807, 2.05) is 6.20 Å². The van der Waals surface area contributed by atoms with Crippen molar-refractivity contribution in [1.29, 1.82) is 0 Å². The van der Waals surface area contributed by atoms with Gasteiger partial charge in [-0.2, -0.15) is 0 Å². The summed E-state index contributed by atoms with van der Waals surface area (Å²) < 4.78 is 7.29. The molecular formula is C16H31N3O. The van der Waals surface area contributed by atoms with Gasteiger partial charge < -0.3 is 14.6 Å². The van der Waals surface area contributed by atoms with Gasteiger partial charge >= 0.3 is 0 Å². The van der Waals surface area contributed by atoms with E-state index in [1.165, 1.54) is 25.7 Å². The number of hydrogen-bond donors (Lipinski definition) is 1. The van der Waals surface area contributed by atoms with Crippen molar-refractivity contribution in [3.8, 4) is 0 Å². The zero-order valence-corrected chi connectivity index (χ0v) is 13.6. The van der Waals surface area contributed by atoms with Gasteiger partial charge in [0.25, 0.3) is 0 Å². The van der Waals surface area contributed by atoms with Crippen LogP contribution in [0.2, 0.25) is 0 Å². The molecule has 0 aromatic carbocycles. The Morgan fingerprint density at radius 2 is 2.10 bits per heavy atom. The van der Waals surface area contributed by atoms with Gasteiger partial charge in [-0.25, -0.2) is 4.98 Å². The molecule has 1 heterocycles. The van der Waals surface area contributed by atoms with Gasteiger partial charge in [-0.3, -0.25) is 0 Å². The number of aromatic nitrogens is 2. The first-order chi connectivity index (χ1) is 9.59. The third-order valence-corrected chi connectivity index (χ3v) is 3.58. The summed E-state index contributed by atoms with van der Waals surface area (Å²) in [7, 11) is 1.74. The Bertz CT molecular complexity index is 360. The molecule has 4 heteroatoms. The van der Waals surface area contributed by atoms with Crippen molar-refractivity contribution in [2.24, 2.45) is 5.41 Å². The molecule has 0 saturated heterocycles. The highest BCUT2D eigenvalue weighted by atomic mass is 16.5. The number of imidazole rings is 1. The molecule has 4 nitrogen and oxygen atoms in total. The van der Waals surface area contributed by atoms with Crippen molar-refractivity contribution in [2.75, 3.05) is 25.6 Å². The van der Waals surface area contributed by atoms with Crippen LogP contribution in [0.15, 0.2) is 12.4 Å². The van der Waals surface area contributed by atoms with Gasteiger partial charge in [0.1, 0.15) is 0 Å². The zero-order chi connectivity index (χ0) is 14.8. The minimum Gasteiger partial charge on any atom is -0.385 e. The normalized spacial score (nSPS) is 11.8. The average Bonchev–Trinajstić information content (AvgIpc) is 2.81. The summed E-state index contributed by atoms with van der Waals surface area (Å²) in [5.74, 6) is 0.977. The Balaban J connectivity index is 2.44. The Hall–Kier alpha value is -1.03. The van der Waals surface area contributed by atoms with Crippen molar-refractivity contribution in [1.82, 2.24) is 9.55 Å². The fraction of sp³-hybridized carbons (Fsp3) is 0.812. The van der Waals surface area contributed by atoms with Crippen LogP contribution in [0.5, 0.6) is 0 Å². The molecule has 0 unspecified atom stereocenters. The van der Waals surface area contributed by atoms with Crippen molar-refractivity contribution >= 4 is 5.95 Å². The van der Waals surface area contributed by atoms with E-state index >= 15 is 0 Å². The van der Waals surface area contributed by atoms with Crippen LogP contribution in [0.4, 0.5) is 5.95 Å². The third kappa shape index (κ3) is 6.42. The molecule has 1 aromatic heterocycles. The molecule has 116 valence electrons. The van der Waals surface area contributed by atoms with Gasteiger partial charge in [-0.1, -0.05) is 40.0 Å². The molecule has 1 N–H and O–H groups in total. The van der Waals surface area contributed by atoms with Crippen LogP contribution < -0.4 is 5.32 Å². The lowest BCUT2D eigenvalue weighted by Crippen LogP contribution is -2.21. The predicted octanol–water partition coefficient (Wildman–Crippen LogP) is 3.94. The van der Waals surface area contributed by atoms with Crippen LogP contribution in [0, 0.1) is 5.41 Å². The van der Waals surface area contributed by atoms with E-state index in [1.54, 1.807) is 7.11 Å². The molecular weight excluding hydrogens is 250 g/mol. The van der Waals surface area contributed by atoms with E-state index in [4.69, 9.17) is 4.74 Å². The molecule has 0 bridgehead atoms. The quantitative estimate of drug-likeness (QED) is 0.624.